The summed E-state index contributed by atoms with van der Waals surface area (Å²) in [6.07, 6.45) is -3.17. The molecule has 8 heteroatoms. The van der Waals surface area contributed by atoms with Crippen LogP contribution in [-0.2, 0) is 6.18 Å². The van der Waals surface area contributed by atoms with Crippen LogP contribution in [0.1, 0.15) is 28.8 Å². The van der Waals surface area contributed by atoms with Gasteiger partial charge < -0.3 is 11.1 Å². The lowest BCUT2D eigenvalue weighted by Gasteiger charge is -2.17. The van der Waals surface area contributed by atoms with Crippen molar-refractivity contribution in [1.29, 1.82) is 0 Å². The number of carbonyl (C=O) groups excluding carboxylic acids is 1. The fraction of sp³-hybridized carbons (Fsp3) is 0.385. The van der Waals surface area contributed by atoms with E-state index in [0.29, 0.717) is 12.1 Å². The number of benzene rings is 1. The van der Waals surface area contributed by atoms with Gasteiger partial charge in [-0.2, -0.15) is 13.2 Å². The number of rotatable bonds is 4. The molecular formula is C13H12F4N2OS. The Balaban J connectivity index is 2.21. The minimum atomic E-state index is -4.86. The fourth-order valence-electron chi connectivity index (χ4n) is 1.96. The summed E-state index contributed by atoms with van der Waals surface area (Å²) in [6.45, 7) is 0. The molecule has 114 valence electrons. The van der Waals surface area contributed by atoms with Gasteiger partial charge in [0.1, 0.15) is 5.82 Å². The van der Waals surface area contributed by atoms with Gasteiger partial charge in [-0.15, -0.1) is 0 Å². The minimum Gasteiger partial charge on any atom is -0.392 e. The Bertz CT molecular complexity index is 584. The van der Waals surface area contributed by atoms with Gasteiger partial charge >= 0.3 is 6.18 Å². The van der Waals surface area contributed by atoms with Crippen LogP contribution in [0.25, 0.3) is 0 Å². The van der Waals surface area contributed by atoms with Crippen molar-refractivity contribution in [3.63, 3.8) is 0 Å². The largest absolute Gasteiger partial charge is 0.419 e. The molecule has 1 aliphatic rings. The topological polar surface area (TPSA) is 55.1 Å². The van der Waals surface area contributed by atoms with E-state index in [-0.39, 0.29) is 16.5 Å². The van der Waals surface area contributed by atoms with E-state index in [1.807, 2.05) is 0 Å². The number of amides is 1. The maximum atomic E-state index is 13.2. The molecule has 0 heterocycles. The maximum absolute atomic E-state index is 13.2. The molecule has 21 heavy (non-hydrogen) atoms. The van der Waals surface area contributed by atoms with Gasteiger partial charge in [0.15, 0.2) is 0 Å². The summed E-state index contributed by atoms with van der Waals surface area (Å²) in [4.78, 5) is 12.1. The van der Waals surface area contributed by atoms with E-state index < -0.39 is 29.5 Å². The van der Waals surface area contributed by atoms with Crippen LogP contribution in [0.5, 0.6) is 0 Å². The summed E-state index contributed by atoms with van der Waals surface area (Å²) in [5, 5.41) is 2.50. The van der Waals surface area contributed by atoms with Gasteiger partial charge in [-0.05, 0) is 37.0 Å². The Morgan fingerprint density at radius 1 is 1.38 bits per heavy atom. The zero-order valence-corrected chi connectivity index (χ0v) is 11.5. The molecular weight excluding hydrogens is 308 g/mol. The Hall–Kier alpha value is -1.70. The number of hydrogen-bond acceptors (Lipinski definition) is 2. The predicted molar refractivity (Wildman–Crippen MR) is 72.2 cm³/mol. The third-order valence-electron chi connectivity index (χ3n) is 3.22. The molecule has 0 aromatic heterocycles. The second kappa shape index (κ2) is 5.59. The van der Waals surface area contributed by atoms with Gasteiger partial charge in [0.25, 0.3) is 5.91 Å². The van der Waals surface area contributed by atoms with E-state index in [4.69, 9.17) is 18.0 Å². The summed E-state index contributed by atoms with van der Waals surface area (Å²) < 4.78 is 51.0. The highest BCUT2D eigenvalue weighted by Crippen LogP contribution is 2.34. The van der Waals surface area contributed by atoms with Gasteiger partial charge in [-0.1, -0.05) is 12.2 Å². The SMILES string of the molecule is NC(=S)C(NC(=O)c1ccc(F)c(C(F)(F)F)c1)C1CC1. The zero-order chi connectivity index (χ0) is 15.8. The van der Waals surface area contributed by atoms with E-state index in [1.165, 1.54) is 0 Å². The molecule has 0 radical (unpaired) electrons. The molecule has 3 nitrogen and oxygen atoms in total. The second-order valence-corrected chi connectivity index (χ2v) is 5.35. The zero-order valence-electron chi connectivity index (χ0n) is 10.7. The normalized spacial score (nSPS) is 16.4. The first kappa shape index (κ1) is 15.7. The van der Waals surface area contributed by atoms with Crippen molar-refractivity contribution in [2.45, 2.75) is 25.1 Å². The van der Waals surface area contributed by atoms with Gasteiger partial charge in [-0.3, -0.25) is 4.79 Å². The molecule has 1 unspecified atom stereocenters. The summed E-state index contributed by atoms with van der Waals surface area (Å²) in [7, 11) is 0. The molecule has 1 aromatic carbocycles. The molecule has 1 aromatic rings. The number of alkyl halides is 3. The van der Waals surface area contributed by atoms with Crippen LogP contribution >= 0.6 is 12.2 Å². The fourth-order valence-corrected chi connectivity index (χ4v) is 2.21. The molecule has 1 fully saturated rings. The highest BCUT2D eigenvalue weighted by molar-refractivity contribution is 7.80. The Labute approximate surface area is 123 Å². The average Bonchev–Trinajstić information content (AvgIpc) is 3.18. The number of halogens is 4. The van der Waals surface area contributed by atoms with Gasteiger partial charge in [-0.25, -0.2) is 4.39 Å². The molecule has 0 bridgehead atoms. The monoisotopic (exact) mass is 320 g/mol. The minimum absolute atomic E-state index is 0.0870. The standard InChI is InChI=1S/C13H12F4N2OS/c14-9-4-3-7(5-8(9)13(15,16)17)12(20)19-10(11(18)21)6-1-2-6/h3-6,10H,1-2H2,(H2,18,21)(H,19,20). The van der Waals surface area contributed by atoms with Crippen LogP contribution in [0, 0.1) is 11.7 Å². The number of thiocarbonyl (C=S) groups is 1. The Morgan fingerprint density at radius 2 is 2.00 bits per heavy atom. The van der Waals surface area contributed by atoms with Gasteiger partial charge in [0.2, 0.25) is 0 Å². The van der Waals surface area contributed by atoms with Crippen LogP contribution in [0.4, 0.5) is 17.6 Å². The van der Waals surface area contributed by atoms with Crippen LogP contribution in [0.15, 0.2) is 18.2 Å². The van der Waals surface area contributed by atoms with Crippen LogP contribution in [-0.4, -0.2) is 16.9 Å². The van der Waals surface area contributed by atoms with E-state index in [1.54, 1.807) is 0 Å². The molecule has 2 rings (SSSR count). The van der Waals surface area contributed by atoms with Gasteiger partial charge in [0.05, 0.1) is 16.6 Å². The third kappa shape index (κ3) is 3.69. The van der Waals surface area contributed by atoms with Crippen molar-refractivity contribution in [3.8, 4) is 0 Å². The average molecular weight is 320 g/mol. The summed E-state index contributed by atoms with van der Waals surface area (Å²) >= 11 is 4.83. The first-order chi connectivity index (χ1) is 9.70. The molecule has 1 aliphatic carbocycles. The summed E-state index contributed by atoms with van der Waals surface area (Å²) in [5.41, 5.74) is 3.74. The molecule has 1 saturated carbocycles. The lowest BCUT2D eigenvalue weighted by molar-refractivity contribution is -0.140. The van der Waals surface area contributed by atoms with E-state index in [9.17, 15) is 22.4 Å². The summed E-state index contributed by atoms with van der Waals surface area (Å²) in [6, 6.07) is 1.54. The molecule has 0 spiro atoms. The molecule has 0 saturated heterocycles. The smallest absolute Gasteiger partial charge is 0.392 e. The Kier molecular flexibility index (Phi) is 4.18. The van der Waals surface area contributed by atoms with Crippen LogP contribution in [0.2, 0.25) is 0 Å². The molecule has 1 atom stereocenters. The van der Waals surface area contributed by atoms with Crippen molar-refractivity contribution in [1.82, 2.24) is 5.32 Å². The van der Waals surface area contributed by atoms with Crippen molar-refractivity contribution in [2.75, 3.05) is 0 Å². The lowest BCUT2D eigenvalue weighted by atomic mass is 10.1. The second-order valence-electron chi connectivity index (χ2n) is 4.88. The van der Waals surface area contributed by atoms with E-state index in [0.717, 1.165) is 18.9 Å². The number of nitrogens with one attached hydrogen (secondary N) is 1. The Morgan fingerprint density at radius 3 is 2.48 bits per heavy atom. The van der Waals surface area contributed by atoms with E-state index in [2.05, 4.69) is 5.32 Å². The highest BCUT2D eigenvalue weighted by Gasteiger charge is 2.36. The molecule has 3 N–H and O–H groups in total. The molecule has 0 aliphatic heterocycles. The van der Waals surface area contributed by atoms with Gasteiger partial charge in [0, 0.05) is 5.56 Å². The third-order valence-corrected chi connectivity index (χ3v) is 3.47. The summed E-state index contributed by atoms with van der Waals surface area (Å²) in [5.74, 6) is -2.06. The van der Waals surface area contributed by atoms with Crippen molar-refractivity contribution >= 4 is 23.1 Å². The van der Waals surface area contributed by atoms with Crippen molar-refractivity contribution < 1.29 is 22.4 Å². The first-order valence-corrected chi connectivity index (χ1v) is 6.58. The maximum Gasteiger partial charge on any atom is 0.419 e. The van der Waals surface area contributed by atoms with E-state index >= 15 is 0 Å². The predicted octanol–water partition coefficient (Wildman–Crippen LogP) is 2.64. The highest BCUT2D eigenvalue weighted by atomic mass is 32.1. The van der Waals surface area contributed by atoms with Crippen LogP contribution in [0.3, 0.4) is 0 Å². The lowest BCUT2D eigenvalue weighted by Crippen LogP contribution is -2.45. The number of carbonyl (C=O) groups is 1. The number of nitrogens with two attached hydrogens (primary N) is 1. The van der Waals surface area contributed by atoms with Crippen molar-refractivity contribution in [3.05, 3.63) is 35.1 Å². The number of hydrogen-bond donors (Lipinski definition) is 2. The first-order valence-electron chi connectivity index (χ1n) is 6.17. The molecule has 1 amide bonds. The van der Waals surface area contributed by atoms with Crippen molar-refractivity contribution in [2.24, 2.45) is 11.7 Å². The van der Waals surface area contributed by atoms with Crippen LogP contribution < -0.4 is 11.1 Å². The quantitative estimate of drug-likeness (QED) is 0.662.